The van der Waals surface area contributed by atoms with Crippen molar-refractivity contribution in [2.75, 3.05) is 6.54 Å². The molecule has 2 heterocycles. The van der Waals surface area contributed by atoms with E-state index in [0.29, 0.717) is 0 Å². The third-order valence-corrected chi connectivity index (χ3v) is 4.55. The Balaban J connectivity index is 1.69. The van der Waals surface area contributed by atoms with Gasteiger partial charge in [0.05, 0.1) is 0 Å². The van der Waals surface area contributed by atoms with E-state index in [1.165, 1.54) is 47.2 Å². The Morgan fingerprint density at radius 3 is 3.06 bits per heavy atom. The normalized spacial score (nSPS) is 20.6. The van der Waals surface area contributed by atoms with E-state index in [-0.39, 0.29) is 0 Å². The van der Waals surface area contributed by atoms with Gasteiger partial charge in [-0.05, 0) is 49.7 Å². The van der Waals surface area contributed by atoms with E-state index in [2.05, 4.69) is 35.6 Å². The zero-order chi connectivity index (χ0) is 10.8. The van der Waals surface area contributed by atoms with Crippen molar-refractivity contribution < 1.29 is 0 Å². The van der Waals surface area contributed by atoms with Gasteiger partial charge >= 0.3 is 0 Å². The molecule has 0 spiro atoms. The summed E-state index contributed by atoms with van der Waals surface area (Å²) in [5.41, 5.74) is 0. The molecule has 1 aromatic heterocycles. The molecule has 1 nitrogen and oxygen atoms in total. The number of benzene rings is 1. The van der Waals surface area contributed by atoms with Crippen molar-refractivity contribution in [2.24, 2.45) is 0 Å². The molecule has 0 bridgehead atoms. The maximum absolute atomic E-state index is 3.57. The largest absolute Gasteiger partial charge is 0.314 e. The Morgan fingerprint density at radius 1 is 1.31 bits per heavy atom. The molecule has 0 aliphatic carbocycles. The van der Waals surface area contributed by atoms with Crippen LogP contribution >= 0.6 is 11.3 Å². The topological polar surface area (TPSA) is 12.0 Å². The highest BCUT2D eigenvalue weighted by Gasteiger charge is 2.13. The summed E-state index contributed by atoms with van der Waals surface area (Å²) in [6.45, 7) is 1.22. The molecular formula is C14H17NS. The number of hydrogen-bond donors (Lipinski definition) is 1. The fourth-order valence-corrected chi connectivity index (χ4v) is 3.56. The zero-order valence-electron chi connectivity index (χ0n) is 9.41. The summed E-state index contributed by atoms with van der Waals surface area (Å²) < 4.78 is 1.43. The summed E-state index contributed by atoms with van der Waals surface area (Å²) in [6, 6.07) is 11.8. The van der Waals surface area contributed by atoms with Crippen LogP contribution in [0.2, 0.25) is 0 Å². The summed E-state index contributed by atoms with van der Waals surface area (Å²) in [6.07, 6.45) is 5.26. The van der Waals surface area contributed by atoms with E-state index in [1.54, 1.807) is 0 Å². The molecule has 1 unspecified atom stereocenters. The molecule has 0 radical (unpaired) electrons. The average molecular weight is 231 g/mol. The highest BCUT2D eigenvalue weighted by atomic mass is 32.1. The highest BCUT2D eigenvalue weighted by Crippen LogP contribution is 2.26. The Kier molecular flexibility index (Phi) is 2.94. The van der Waals surface area contributed by atoms with Gasteiger partial charge in [0.25, 0.3) is 0 Å². The van der Waals surface area contributed by atoms with E-state index in [0.717, 1.165) is 6.04 Å². The SMILES string of the molecule is c1ccc2sc(CCC3CCCN3)cc2c1. The van der Waals surface area contributed by atoms with E-state index in [1.807, 2.05) is 11.3 Å². The Morgan fingerprint density at radius 2 is 2.25 bits per heavy atom. The average Bonchev–Trinajstić information content (AvgIpc) is 2.95. The summed E-state index contributed by atoms with van der Waals surface area (Å²) in [4.78, 5) is 1.54. The molecule has 1 N–H and O–H groups in total. The Hall–Kier alpha value is -0.860. The van der Waals surface area contributed by atoms with Crippen LogP contribution in [0.4, 0.5) is 0 Å². The monoisotopic (exact) mass is 231 g/mol. The molecule has 1 aromatic carbocycles. The molecule has 16 heavy (non-hydrogen) atoms. The fourth-order valence-electron chi connectivity index (χ4n) is 2.48. The second kappa shape index (κ2) is 4.56. The van der Waals surface area contributed by atoms with Crippen LogP contribution in [0.3, 0.4) is 0 Å². The van der Waals surface area contributed by atoms with E-state index in [4.69, 9.17) is 0 Å². The molecular weight excluding hydrogens is 214 g/mol. The summed E-state index contributed by atoms with van der Waals surface area (Å²) in [5, 5.41) is 4.97. The van der Waals surface area contributed by atoms with Gasteiger partial charge in [-0.1, -0.05) is 18.2 Å². The van der Waals surface area contributed by atoms with Crippen LogP contribution in [0.25, 0.3) is 10.1 Å². The molecule has 1 aliphatic heterocycles. The molecule has 84 valence electrons. The van der Waals surface area contributed by atoms with Gasteiger partial charge in [0.2, 0.25) is 0 Å². The lowest BCUT2D eigenvalue weighted by Crippen LogP contribution is -2.21. The summed E-state index contributed by atoms with van der Waals surface area (Å²) in [7, 11) is 0. The van der Waals surface area contributed by atoms with Crippen LogP contribution in [-0.4, -0.2) is 12.6 Å². The molecule has 2 heteroatoms. The molecule has 0 saturated carbocycles. The molecule has 1 aliphatic rings. The van der Waals surface area contributed by atoms with Gasteiger partial charge in [-0.3, -0.25) is 0 Å². The van der Waals surface area contributed by atoms with Gasteiger partial charge in [0, 0.05) is 15.6 Å². The first-order valence-electron chi connectivity index (χ1n) is 6.13. The van der Waals surface area contributed by atoms with E-state index >= 15 is 0 Å². The van der Waals surface area contributed by atoms with Crippen LogP contribution in [-0.2, 0) is 6.42 Å². The van der Waals surface area contributed by atoms with Crippen LogP contribution in [0.5, 0.6) is 0 Å². The van der Waals surface area contributed by atoms with Crippen molar-refractivity contribution in [3.8, 4) is 0 Å². The molecule has 0 amide bonds. The van der Waals surface area contributed by atoms with Gasteiger partial charge in [0.15, 0.2) is 0 Å². The number of nitrogens with one attached hydrogen (secondary N) is 1. The zero-order valence-corrected chi connectivity index (χ0v) is 10.2. The molecule has 2 aromatic rings. The third-order valence-electron chi connectivity index (χ3n) is 3.38. The quantitative estimate of drug-likeness (QED) is 0.851. The van der Waals surface area contributed by atoms with Gasteiger partial charge in [-0.2, -0.15) is 0 Å². The lowest BCUT2D eigenvalue weighted by Gasteiger charge is -2.07. The number of aryl methyl sites for hydroxylation is 1. The number of rotatable bonds is 3. The number of thiophene rings is 1. The van der Waals surface area contributed by atoms with Gasteiger partial charge in [-0.15, -0.1) is 11.3 Å². The highest BCUT2D eigenvalue weighted by molar-refractivity contribution is 7.19. The van der Waals surface area contributed by atoms with E-state index in [9.17, 15) is 0 Å². The first-order valence-corrected chi connectivity index (χ1v) is 6.94. The fraction of sp³-hybridized carbons (Fsp3) is 0.429. The molecule has 1 fully saturated rings. The lowest BCUT2D eigenvalue weighted by molar-refractivity contribution is 0.561. The van der Waals surface area contributed by atoms with Crippen molar-refractivity contribution in [3.63, 3.8) is 0 Å². The third kappa shape index (κ3) is 2.13. The Bertz CT molecular complexity index is 435. The van der Waals surface area contributed by atoms with Crippen LogP contribution < -0.4 is 5.32 Å². The summed E-state index contributed by atoms with van der Waals surface area (Å²) >= 11 is 1.95. The number of hydrogen-bond acceptors (Lipinski definition) is 2. The van der Waals surface area contributed by atoms with Gasteiger partial charge in [-0.25, -0.2) is 0 Å². The number of fused-ring (bicyclic) bond motifs is 1. The van der Waals surface area contributed by atoms with Crippen molar-refractivity contribution in [3.05, 3.63) is 35.2 Å². The van der Waals surface area contributed by atoms with Crippen molar-refractivity contribution in [1.82, 2.24) is 5.32 Å². The maximum Gasteiger partial charge on any atom is 0.0345 e. The second-order valence-electron chi connectivity index (χ2n) is 4.58. The van der Waals surface area contributed by atoms with Crippen LogP contribution in [0, 0.1) is 0 Å². The predicted octanol–water partition coefficient (Wildman–Crippen LogP) is 3.59. The van der Waals surface area contributed by atoms with E-state index < -0.39 is 0 Å². The first-order chi connectivity index (χ1) is 7.92. The minimum Gasteiger partial charge on any atom is -0.314 e. The molecule has 3 rings (SSSR count). The van der Waals surface area contributed by atoms with Crippen LogP contribution in [0.1, 0.15) is 24.1 Å². The Labute approximate surface area is 100 Å². The molecule has 1 saturated heterocycles. The lowest BCUT2D eigenvalue weighted by atomic mass is 10.1. The van der Waals surface area contributed by atoms with Crippen molar-refractivity contribution in [2.45, 2.75) is 31.7 Å². The second-order valence-corrected chi connectivity index (χ2v) is 5.75. The predicted molar refractivity (Wildman–Crippen MR) is 71.2 cm³/mol. The van der Waals surface area contributed by atoms with Gasteiger partial charge in [0.1, 0.15) is 0 Å². The smallest absolute Gasteiger partial charge is 0.0345 e. The van der Waals surface area contributed by atoms with Gasteiger partial charge < -0.3 is 5.32 Å². The standard InChI is InChI=1S/C14H17NS/c1-2-6-14-11(4-1)10-13(16-14)8-7-12-5-3-9-15-12/h1-2,4,6,10,12,15H,3,5,7-9H2. The van der Waals surface area contributed by atoms with Crippen molar-refractivity contribution in [1.29, 1.82) is 0 Å². The minimum absolute atomic E-state index is 0.769. The maximum atomic E-state index is 3.57. The van der Waals surface area contributed by atoms with Crippen molar-refractivity contribution >= 4 is 21.4 Å². The molecule has 1 atom stereocenters. The van der Waals surface area contributed by atoms with Crippen LogP contribution in [0.15, 0.2) is 30.3 Å². The minimum atomic E-state index is 0.769. The summed E-state index contributed by atoms with van der Waals surface area (Å²) in [5.74, 6) is 0. The first kappa shape index (κ1) is 10.3.